The monoisotopic (exact) mass is 329 g/mol. The van der Waals surface area contributed by atoms with Crippen molar-refractivity contribution >= 4 is 11.0 Å². The van der Waals surface area contributed by atoms with Crippen LogP contribution in [0.1, 0.15) is 18.9 Å². The number of aromatic nitrogens is 4. The highest BCUT2D eigenvalue weighted by Crippen LogP contribution is 2.30. The van der Waals surface area contributed by atoms with Crippen LogP contribution < -0.4 is 0 Å². The third-order valence-corrected chi connectivity index (χ3v) is 3.93. The number of ether oxygens (including phenoxy) is 1. The lowest BCUT2D eigenvalue weighted by Gasteiger charge is -2.32. The van der Waals surface area contributed by atoms with E-state index in [1.54, 1.807) is 6.20 Å². The van der Waals surface area contributed by atoms with Gasteiger partial charge in [0.1, 0.15) is 17.4 Å². The largest absolute Gasteiger partial charge is 0.418 e. The van der Waals surface area contributed by atoms with Crippen molar-refractivity contribution in [1.82, 2.24) is 25.1 Å². The van der Waals surface area contributed by atoms with Crippen LogP contribution in [0.15, 0.2) is 28.9 Å². The zero-order valence-electron chi connectivity index (χ0n) is 13.3. The molecule has 24 heavy (non-hydrogen) atoms. The summed E-state index contributed by atoms with van der Waals surface area (Å²) >= 11 is 0. The Labute approximate surface area is 137 Å². The number of morpholine rings is 1. The van der Waals surface area contributed by atoms with Crippen LogP contribution in [0.4, 0.5) is 4.39 Å². The number of halogens is 1. The van der Waals surface area contributed by atoms with Crippen LogP contribution in [0.3, 0.4) is 0 Å². The molecule has 4 rings (SSSR count). The summed E-state index contributed by atoms with van der Waals surface area (Å²) in [5.74, 6) is 0.157. The molecule has 0 unspecified atom stereocenters. The average molecular weight is 329 g/mol. The van der Waals surface area contributed by atoms with Gasteiger partial charge in [-0.2, -0.15) is 0 Å². The van der Waals surface area contributed by atoms with E-state index in [-0.39, 0.29) is 18.1 Å². The van der Waals surface area contributed by atoms with E-state index in [1.807, 2.05) is 14.0 Å². The third-order valence-electron chi connectivity index (χ3n) is 3.93. The fourth-order valence-corrected chi connectivity index (χ4v) is 2.98. The van der Waals surface area contributed by atoms with Gasteiger partial charge in [0, 0.05) is 31.5 Å². The van der Waals surface area contributed by atoms with E-state index >= 15 is 0 Å². The number of benzene rings is 1. The normalized spacial score (nSPS) is 22.1. The van der Waals surface area contributed by atoms with E-state index in [1.165, 1.54) is 18.3 Å². The molecule has 8 heteroatoms. The molecule has 0 N–H and O–H groups in total. The maximum Gasteiger partial charge on any atom is 0.250 e. The number of fused-ring (bicyclic) bond motifs is 1. The molecule has 124 valence electrons. The van der Waals surface area contributed by atoms with Crippen molar-refractivity contribution in [3.8, 4) is 11.5 Å². The summed E-state index contributed by atoms with van der Waals surface area (Å²) in [6.07, 6.45) is 2.83. The van der Waals surface area contributed by atoms with Crippen LogP contribution in [0.2, 0.25) is 0 Å². The average Bonchev–Trinajstić information content (AvgIpc) is 3.03. The van der Waals surface area contributed by atoms with Gasteiger partial charge in [-0.3, -0.25) is 9.97 Å². The topological polar surface area (TPSA) is 77.2 Å². The minimum Gasteiger partial charge on any atom is -0.418 e. The van der Waals surface area contributed by atoms with E-state index in [2.05, 4.69) is 25.1 Å². The Morgan fingerprint density at radius 3 is 2.83 bits per heavy atom. The predicted molar refractivity (Wildman–Crippen MR) is 83.6 cm³/mol. The number of hydrogen-bond donors (Lipinski definition) is 0. The van der Waals surface area contributed by atoms with Gasteiger partial charge in [0.25, 0.3) is 0 Å². The van der Waals surface area contributed by atoms with Gasteiger partial charge in [-0.25, -0.2) is 4.39 Å². The van der Waals surface area contributed by atoms with Crippen LogP contribution >= 0.6 is 0 Å². The molecule has 1 aromatic carbocycles. The summed E-state index contributed by atoms with van der Waals surface area (Å²) in [6.45, 7) is 3.51. The minimum absolute atomic E-state index is 0.0740. The van der Waals surface area contributed by atoms with Crippen LogP contribution in [-0.2, 0) is 4.74 Å². The van der Waals surface area contributed by atoms with E-state index in [9.17, 15) is 4.39 Å². The lowest BCUT2D eigenvalue weighted by Crippen LogP contribution is -2.40. The molecule has 0 amide bonds. The van der Waals surface area contributed by atoms with Gasteiger partial charge in [-0.05, 0) is 20.0 Å². The third kappa shape index (κ3) is 2.74. The molecule has 1 saturated heterocycles. The highest BCUT2D eigenvalue weighted by atomic mass is 19.1. The van der Waals surface area contributed by atoms with Gasteiger partial charge < -0.3 is 14.1 Å². The lowest BCUT2D eigenvalue weighted by atomic mass is 10.1. The van der Waals surface area contributed by atoms with Gasteiger partial charge in [-0.1, -0.05) is 0 Å². The first-order chi connectivity index (χ1) is 11.6. The van der Waals surface area contributed by atoms with Crippen LogP contribution in [0.25, 0.3) is 22.5 Å². The van der Waals surface area contributed by atoms with Crippen molar-refractivity contribution < 1.29 is 13.5 Å². The fourth-order valence-electron chi connectivity index (χ4n) is 2.98. The van der Waals surface area contributed by atoms with Crippen molar-refractivity contribution in [2.75, 3.05) is 20.1 Å². The SMILES string of the molecule is C[C@@H]1CN(C)C[C@H](c2nnc(-c3cc(F)cc4nccnc34)o2)O1. The van der Waals surface area contributed by atoms with Crippen LogP contribution in [0.5, 0.6) is 0 Å². The summed E-state index contributed by atoms with van der Waals surface area (Å²) < 4.78 is 25.5. The van der Waals surface area contributed by atoms with Gasteiger partial charge >= 0.3 is 0 Å². The van der Waals surface area contributed by atoms with E-state index in [4.69, 9.17) is 9.15 Å². The molecule has 3 heterocycles. The molecule has 2 aromatic heterocycles. The summed E-state index contributed by atoms with van der Waals surface area (Å²) in [5, 5.41) is 8.14. The molecular weight excluding hydrogens is 313 g/mol. The van der Waals surface area contributed by atoms with Crippen molar-refractivity contribution in [1.29, 1.82) is 0 Å². The highest BCUT2D eigenvalue weighted by molar-refractivity contribution is 5.88. The Bertz CT molecular complexity index is 874. The molecule has 2 atom stereocenters. The van der Waals surface area contributed by atoms with Gasteiger partial charge in [0.15, 0.2) is 0 Å². The second-order valence-electron chi connectivity index (χ2n) is 5.98. The molecular formula is C16H16FN5O2. The maximum absolute atomic E-state index is 13.9. The molecule has 3 aromatic rings. The smallest absolute Gasteiger partial charge is 0.250 e. The predicted octanol–water partition coefficient (Wildman–Crippen LogP) is 2.21. The Morgan fingerprint density at radius 2 is 2.00 bits per heavy atom. The van der Waals surface area contributed by atoms with E-state index < -0.39 is 5.82 Å². The zero-order valence-corrected chi connectivity index (χ0v) is 13.3. The summed E-state index contributed by atoms with van der Waals surface area (Å²) in [7, 11) is 2.01. The second kappa shape index (κ2) is 5.88. The lowest BCUT2D eigenvalue weighted by molar-refractivity contribution is -0.0821. The first-order valence-electron chi connectivity index (χ1n) is 7.68. The van der Waals surface area contributed by atoms with Crippen molar-refractivity contribution in [3.63, 3.8) is 0 Å². The number of rotatable bonds is 2. The molecule has 1 aliphatic heterocycles. The van der Waals surface area contributed by atoms with Crippen LogP contribution in [0, 0.1) is 5.82 Å². The van der Waals surface area contributed by atoms with Gasteiger partial charge in [0.05, 0.1) is 17.2 Å². The van der Waals surface area contributed by atoms with Crippen LogP contribution in [-0.4, -0.2) is 51.3 Å². The highest BCUT2D eigenvalue weighted by Gasteiger charge is 2.29. The number of hydrogen-bond acceptors (Lipinski definition) is 7. The molecule has 1 fully saturated rings. The quantitative estimate of drug-likeness (QED) is 0.713. The molecule has 0 saturated carbocycles. The molecule has 0 spiro atoms. The Morgan fingerprint density at radius 1 is 1.17 bits per heavy atom. The van der Waals surface area contributed by atoms with Crippen molar-refractivity contribution in [3.05, 3.63) is 36.2 Å². The summed E-state index contributed by atoms with van der Waals surface area (Å²) in [5.41, 5.74) is 1.38. The van der Waals surface area contributed by atoms with Gasteiger partial charge in [0.2, 0.25) is 11.8 Å². The Hall–Kier alpha value is -2.45. The maximum atomic E-state index is 13.9. The molecule has 0 aliphatic carbocycles. The molecule has 7 nitrogen and oxygen atoms in total. The molecule has 0 radical (unpaired) electrons. The first-order valence-corrected chi connectivity index (χ1v) is 7.68. The fraction of sp³-hybridized carbons (Fsp3) is 0.375. The first kappa shape index (κ1) is 15.1. The Kier molecular flexibility index (Phi) is 3.70. The molecule has 1 aliphatic rings. The standard InChI is InChI=1S/C16H16FN5O2/c1-9-7-22(2)8-13(23-9)16-21-20-15(24-16)11-5-10(17)6-12-14(11)19-4-3-18-12/h3-6,9,13H,7-8H2,1-2H3/t9-,13-/m1/s1. The molecule has 0 bridgehead atoms. The zero-order chi connectivity index (χ0) is 16.7. The number of likely N-dealkylation sites (N-methyl/N-ethyl adjacent to an activating group) is 1. The van der Waals surface area contributed by atoms with E-state index in [0.717, 1.165) is 6.54 Å². The van der Waals surface area contributed by atoms with Gasteiger partial charge in [-0.15, -0.1) is 10.2 Å². The Balaban J connectivity index is 1.73. The summed E-state index contributed by atoms with van der Waals surface area (Å²) in [6, 6.07) is 2.65. The summed E-state index contributed by atoms with van der Waals surface area (Å²) in [4.78, 5) is 10.5. The number of nitrogens with zero attached hydrogens (tertiary/aromatic N) is 5. The second-order valence-corrected chi connectivity index (χ2v) is 5.98. The van der Waals surface area contributed by atoms with Crippen molar-refractivity contribution in [2.24, 2.45) is 0 Å². The van der Waals surface area contributed by atoms with Crippen molar-refractivity contribution in [2.45, 2.75) is 19.1 Å². The minimum atomic E-state index is -0.431. The van der Waals surface area contributed by atoms with E-state index in [0.29, 0.717) is 29.0 Å².